The standard InChI is InChI=1S/C14H24N4O/c1-11-9-12(10-13(15-2)16-11)14(19)18(5)8-6-7-17(3)4/h9-10H,6-8H2,1-5H3,(H,15,16). The first-order chi connectivity index (χ1) is 8.93. The fourth-order valence-electron chi connectivity index (χ4n) is 1.87. The summed E-state index contributed by atoms with van der Waals surface area (Å²) in [4.78, 5) is 20.5. The van der Waals surface area contributed by atoms with Gasteiger partial charge in [0.1, 0.15) is 5.82 Å². The third kappa shape index (κ3) is 4.87. The molecule has 0 bridgehead atoms. The molecule has 19 heavy (non-hydrogen) atoms. The highest BCUT2D eigenvalue weighted by Crippen LogP contribution is 2.11. The van der Waals surface area contributed by atoms with Gasteiger partial charge in [-0.15, -0.1) is 0 Å². The van der Waals surface area contributed by atoms with E-state index in [1.807, 2.05) is 34.1 Å². The van der Waals surface area contributed by atoms with Crippen LogP contribution in [0.4, 0.5) is 5.82 Å². The number of nitrogens with one attached hydrogen (secondary N) is 1. The average molecular weight is 264 g/mol. The highest BCUT2D eigenvalue weighted by atomic mass is 16.2. The molecule has 1 aromatic heterocycles. The SMILES string of the molecule is CNc1cc(C(=O)N(C)CCCN(C)C)cc(C)n1. The third-order valence-corrected chi connectivity index (χ3v) is 2.90. The Kier molecular flexibility index (Phi) is 5.76. The zero-order valence-corrected chi connectivity index (χ0v) is 12.5. The van der Waals surface area contributed by atoms with Gasteiger partial charge in [0.2, 0.25) is 0 Å². The quantitative estimate of drug-likeness (QED) is 0.845. The second-order valence-electron chi connectivity index (χ2n) is 5.02. The van der Waals surface area contributed by atoms with E-state index in [1.54, 1.807) is 18.0 Å². The van der Waals surface area contributed by atoms with Gasteiger partial charge in [-0.2, -0.15) is 0 Å². The lowest BCUT2D eigenvalue weighted by Gasteiger charge is -2.19. The van der Waals surface area contributed by atoms with Crippen LogP contribution in [0.1, 0.15) is 22.5 Å². The molecule has 0 aliphatic heterocycles. The van der Waals surface area contributed by atoms with E-state index in [0.29, 0.717) is 5.56 Å². The minimum Gasteiger partial charge on any atom is -0.373 e. The number of carbonyl (C=O) groups is 1. The summed E-state index contributed by atoms with van der Waals surface area (Å²) in [6.07, 6.45) is 0.970. The normalized spacial score (nSPS) is 10.6. The van der Waals surface area contributed by atoms with Crippen LogP contribution < -0.4 is 5.32 Å². The van der Waals surface area contributed by atoms with Crippen molar-refractivity contribution in [2.75, 3.05) is 46.6 Å². The fourth-order valence-corrected chi connectivity index (χ4v) is 1.87. The molecule has 1 N–H and O–H groups in total. The second kappa shape index (κ2) is 7.09. The number of hydrogen-bond acceptors (Lipinski definition) is 4. The number of pyridine rings is 1. The van der Waals surface area contributed by atoms with Crippen LogP contribution in [0.15, 0.2) is 12.1 Å². The number of aromatic nitrogens is 1. The van der Waals surface area contributed by atoms with E-state index in [1.165, 1.54) is 0 Å². The van der Waals surface area contributed by atoms with E-state index in [4.69, 9.17) is 0 Å². The Bertz CT molecular complexity index is 431. The molecule has 0 aliphatic rings. The van der Waals surface area contributed by atoms with Gasteiger partial charge in [-0.1, -0.05) is 0 Å². The first-order valence-electron chi connectivity index (χ1n) is 6.50. The van der Waals surface area contributed by atoms with Crippen LogP contribution in [0.2, 0.25) is 0 Å². The lowest BCUT2D eigenvalue weighted by Crippen LogP contribution is -2.29. The Morgan fingerprint density at radius 1 is 1.26 bits per heavy atom. The summed E-state index contributed by atoms with van der Waals surface area (Å²) in [6.45, 7) is 3.63. The van der Waals surface area contributed by atoms with Crippen LogP contribution in [0, 0.1) is 6.92 Å². The molecule has 106 valence electrons. The number of carbonyl (C=O) groups excluding carboxylic acids is 1. The lowest BCUT2D eigenvalue weighted by atomic mass is 10.2. The minimum absolute atomic E-state index is 0.0424. The summed E-state index contributed by atoms with van der Waals surface area (Å²) in [5, 5.41) is 2.97. The number of nitrogens with zero attached hydrogens (tertiary/aromatic N) is 3. The van der Waals surface area contributed by atoms with Gasteiger partial charge >= 0.3 is 0 Å². The van der Waals surface area contributed by atoms with Gasteiger partial charge in [0.25, 0.3) is 5.91 Å². The summed E-state index contributed by atoms with van der Waals surface area (Å²) in [6, 6.07) is 3.61. The minimum atomic E-state index is 0.0424. The zero-order chi connectivity index (χ0) is 14.4. The number of amides is 1. The maximum absolute atomic E-state index is 12.3. The topological polar surface area (TPSA) is 48.5 Å². The van der Waals surface area contributed by atoms with Crippen molar-refractivity contribution in [3.8, 4) is 0 Å². The van der Waals surface area contributed by atoms with Crippen LogP contribution in [-0.4, -0.2) is 62.0 Å². The summed E-state index contributed by atoms with van der Waals surface area (Å²) < 4.78 is 0. The Morgan fingerprint density at radius 2 is 1.95 bits per heavy atom. The van der Waals surface area contributed by atoms with Crippen molar-refractivity contribution in [1.29, 1.82) is 0 Å². The molecular weight excluding hydrogens is 240 g/mol. The van der Waals surface area contributed by atoms with Crippen molar-refractivity contribution >= 4 is 11.7 Å². The Hall–Kier alpha value is -1.62. The van der Waals surface area contributed by atoms with Crippen molar-refractivity contribution < 1.29 is 4.79 Å². The molecule has 1 amide bonds. The molecule has 5 heteroatoms. The monoisotopic (exact) mass is 264 g/mol. The lowest BCUT2D eigenvalue weighted by molar-refractivity contribution is 0.0790. The van der Waals surface area contributed by atoms with E-state index in [9.17, 15) is 4.79 Å². The molecule has 5 nitrogen and oxygen atoms in total. The third-order valence-electron chi connectivity index (χ3n) is 2.90. The fraction of sp³-hybridized carbons (Fsp3) is 0.571. The Balaban J connectivity index is 2.68. The van der Waals surface area contributed by atoms with Gasteiger partial charge < -0.3 is 15.1 Å². The number of hydrogen-bond donors (Lipinski definition) is 1. The smallest absolute Gasteiger partial charge is 0.253 e. The zero-order valence-electron chi connectivity index (χ0n) is 12.5. The molecular formula is C14H24N4O. The first-order valence-corrected chi connectivity index (χ1v) is 6.50. The summed E-state index contributed by atoms with van der Waals surface area (Å²) >= 11 is 0. The van der Waals surface area contributed by atoms with E-state index in [2.05, 4.69) is 15.2 Å². The Labute approximate surface area is 115 Å². The van der Waals surface area contributed by atoms with E-state index >= 15 is 0 Å². The van der Waals surface area contributed by atoms with Gasteiger partial charge in [0, 0.05) is 31.9 Å². The molecule has 0 fully saturated rings. The second-order valence-corrected chi connectivity index (χ2v) is 5.02. The van der Waals surface area contributed by atoms with Crippen molar-refractivity contribution in [2.45, 2.75) is 13.3 Å². The van der Waals surface area contributed by atoms with Crippen molar-refractivity contribution in [1.82, 2.24) is 14.8 Å². The predicted molar refractivity (Wildman–Crippen MR) is 78.7 cm³/mol. The van der Waals surface area contributed by atoms with E-state index in [-0.39, 0.29) is 5.91 Å². The van der Waals surface area contributed by atoms with Crippen LogP contribution in [0.25, 0.3) is 0 Å². The van der Waals surface area contributed by atoms with Crippen molar-refractivity contribution in [3.63, 3.8) is 0 Å². The molecule has 0 aliphatic carbocycles. The number of anilines is 1. The molecule has 1 heterocycles. The van der Waals surface area contributed by atoms with E-state index < -0.39 is 0 Å². The maximum Gasteiger partial charge on any atom is 0.253 e. The molecule has 0 spiro atoms. The molecule has 0 unspecified atom stereocenters. The van der Waals surface area contributed by atoms with Gasteiger partial charge in [0.15, 0.2) is 0 Å². The van der Waals surface area contributed by atoms with Crippen LogP contribution in [0.3, 0.4) is 0 Å². The van der Waals surface area contributed by atoms with Gasteiger partial charge in [-0.3, -0.25) is 4.79 Å². The summed E-state index contributed by atoms with van der Waals surface area (Å²) in [5.74, 6) is 0.769. The Morgan fingerprint density at radius 3 is 2.53 bits per heavy atom. The molecule has 0 atom stereocenters. The van der Waals surface area contributed by atoms with Crippen LogP contribution in [-0.2, 0) is 0 Å². The first kappa shape index (κ1) is 15.4. The highest BCUT2D eigenvalue weighted by Gasteiger charge is 2.13. The molecule has 0 saturated heterocycles. The summed E-state index contributed by atoms with van der Waals surface area (Å²) in [7, 11) is 7.71. The van der Waals surface area contributed by atoms with Crippen molar-refractivity contribution in [2.24, 2.45) is 0 Å². The van der Waals surface area contributed by atoms with Gasteiger partial charge in [-0.25, -0.2) is 4.98 Å². The molecule has 0 radical (unpaired) electrons. The molecule has 1 aromatic rings. The highest BCUT2D eigenvalue weighted by molar-refractivity contribution is 5.94. The van der Waals surface area contributed by atoms with Crippen LogP contribution >= 0.6 is 0 Å². The average Bonchev–Trinajstić information content (AvgIpc) is 2.36. The van der Waals surface area contributed by atoms with E-state index in [0.717, 1.165) is 31.0 Å². The van der Waals surface area contributed by atoms with Gasteiger partial charge in [0.05, 0.1) is 0 Å². The van der Waals surface area contributed by atoms with Gasteiger partial charge in [-0.05, 0) is 46.1 Å². The molecule has 0 saturated carbocycles. The summed E-state index contributed by atoms with van der Waals surface area (Å²) in [5.41, 5.74) is 1.53. The number of aryl methyl sites for hydroxylation is 1. The van der Waals surface area contributed by atoms with Crippen LogP contribution in [0.5, 0.6) is 0 Å². The number of rotatable bonds is 6. The maximum atomic E-state index is 12.3. The molecule has 1 rings (SSSR count). The molecule has 0 aromatic carbocycles. The largest absolute Gasteiger partial charge is 0.373 e. The predicted octanol–water partition coefficient (Wildman–Crippen LogP) is 1.46. The van der Waals surface area contributed by atoms with Crippen molar-refractivity contribution in [3.05, 3.63) is 23.4 Å².